The second kappa shape index (κ2) is 7.44. The Morgan fingerprint density at radius 1 is 1.22 bits per heavy atom. The van der Waals surface area contributed by atoms with Gasteiger partial charge in [0, 0.05) is 0 Å². The lowest BCUT2D eigenvalue weighted by Crippen LogP contribution is -1.94. The highest BCUT2D eigenvalue weighted by molar-refractivity contribution is 5.01. The molecule has 0 rings (SSSR count). The van der Waals surface area contributed by atoms with Crippen LogP contribution in [0.5, 0.6) is 0 Å². The lowest BCUT2D eigenvalue weighted by Gasteiger charge is -1.80. The summed E-state index contributed by atoms with van der Waals surface area (Å²) in [6.07, 6.45) is 10.4. The summed E-state index contributed by atoms with van der Waals surface area (Å²) in [5.41, 5.74) is 5.27. The Balaban J connectivity index is 3.13. The summed E-state index contributed by atoms with van der Waals surface area (Å²) in [7, 11) is 0. The Morgan fingerprint density at radius 3 is 2.44 bits per heavy atom. The quantitative estimate of drug-likeness (QED) is 0.570. The fourth-order valence-corrected chi connectivity index (χ4v) is 0.486. The summed E-state index contributed by atoms with van der Waals surface area (Å²) in [5.74, 6) is 0. The van der Waals surface area contributed by atoms with Crippen molar-refractivity contribution in [3.05, 3.63) is 24.3 Å². The first-order chi connectivity index (χ1) is 4.41. The molecule has 0 bridgehead atoms. The minimum absolute atomic E-state index is 0.746. The van der Waals surface area contributed by atoms with Gasteiger partial charge in [0.1, 0.15) is 0 Å². The first-order valence-electron chi connectivity index (χ1n) is 3.43. The molecule has 0 aromatic heterocycles. The van der Waals surface area contributed by atoms with Crippen molar-refractivity contribution in [1.29, 1.82) is 0 Å². The van der Waals surface area contributed by atoms with Crippen molar-refractivity contribution in [2.75, 3.05) is 6.54 Å². The van der Waals surface area contributed by atoms with Crippen molar-refractivity contribution in [3.8, 4) is 0 Å². The average Bonchev–Trinajstić information content (AvgIpc) is 1.89. The Kier molecular flexibility index (Phi) is 6.98. The van der Waals surface area contributed by atoms with Crippen LogP contribution < -0.4 is 5.73 Å². The molecule has 0 atom stereocenters. The zero-order chi connectivity index (χ0) is 6.95. The molecule has 0 saturated carbocycles. The monoisotopic (exact) mass is 125 g/mol. The normalized spacial score (nSPS) is 11.8. The molecule has 52 valence electrons. The van der Waals surface area contributed by atoms with Gasteiger partial charge in [-0.05, 0) is 19.4 Å². The van der Waals surface area contributed by atoms with Crippen molar-refractivity contribution in [3.63, 3.8) is 0 Å². The maximum absolute atomic E-state index is 5.27. The van der Waals surface area contributed by atoms with Crippen LogP contribution in [0.1, 0.15) is 19.8 Å². The molecular weight excluding hydrogens is 110 g/mol. The predicted molar refractivity (Wildman–Crippen MR) is 42.2 cm³/mol. The number of nitrogens with two attached hydrogens (primary N) is 1. The molecule has 0 fully saturated rings. The van der Waals surface area contributed by atoms with E-state index in [-0.39, 0.29) is 0 Å². The number of allylic oxidation sites excluding steroid dienone is 3. The van der Waals surface area contributed by atoms with Crippen LogP contribution in [-0.2, 0) is 0 Å². The van der Waals surface area contributed by atoms with Gasteiger partial charge in [-0.25, -0.2) is 0 Å². The third-order valence-corrected chi connectivity index (χ3v) is 0.952. The van der Waals surface area contributed by atoms with Crippen LogP contribution in [0.15, 0.2) is 24.3 Å². The molecule has 0 aliphatic heterocycles. The van der Waals surface area contributed by atoms with Crippen molar-refractivity contribution in [2.45, 2.75) is 19.8 Å². The predicted octanol–water partition coefficient (Wildman–Crippen LogP) is 1.86. The van der Waals surface area contributed by atoms with Gasteiger partial charge < -0.3 is 5.73 Å². The Labute approximate surface area is 57.3 Å². The standard InChI is InChI=1S/C8H15N/c1-2-3-4-5-6-7-8-9/h3-6H,2,7-9H2,1H3. The Morgan fingerprint density at radius 2 is 1.89 bits per heavy atom. The smallest absolute Gasteiger partial charge is 0.00425 e. The van der Waals surface area contributed by atoms with Crippen molar-refractivity contribution < 1.29 is 0 Å². The van der Waals surface area contributed by atoms with Gasteiger partial charge >= 0.3 is 0 Å². The third-order valence-electron chi connectivity index (χ3n) is 0.952. The summed E-state index contributed by atoms with van der Waals surface area (Å²) < 4.78 is 0. The molecule has 0 aromatic rings. The van der Waals surface area contributed by atoms with Gasteiger partial charge in [-0.1, -0.05) is 31.2 Å². The first-order valence-corrected chi connectivity index (χ1v) is 3.43. The number of hydrogen-bond donors (Lipinski definition) is 1. The molecule has 2 N–H and O–H groups in total. The number of rotatable bonds is 4. The highest BCUT2D eigenvalue weighted by Crippen LogP contribution is 1.83. The zero-order valence-corrected chi connectivity index (χ0v) is 6.01. The van der Waals surface area contributed by atoms with Gasteiger partial charge in [-0.2, -0.15) is 0 Å². The summed E-state index contributed by atoms with van der Waals surface area (Å²) in [4.78, 5) is 0. The van der Waals surface area contributed by atoms with E-state index in [0.717, 1.165) is 19.4 Å². The maximum Gasteiger partial charge on any atom is -0.00425 e. The Hall–Kier alpha value is -0.560. The summed E-state index contributed by atoms with van der Waals surface area (Å²) in [6.45, 7) is 2.86. The van der Waals surface area contributed by atoms with Crippen LogP contribution in [0.2, 0.25) is 0 Å². The van der Waals surface area contributed by atoms with Crippen LogP contribution in [0, 0.1) is 0 Å². The van der Waals surface area contributed by atoms with E-state index in [2.05, 4.69) is 25.2 Å². The van der Waals surface area contributed by atoms with E-state index in [1.165, 1.54) is 0 Å². The van der Waals surface area contributed by atoms with Gasteiger partial charge in [-0.15, -0.1) is 0 Å². The molecule has 0 amide bonds. The molecule has 0 aromatic carbocycles. The van der Waals surface area contributed by atoms with Crippen molar-refractivity contribution in [1.82, 2.24) is 0 Å². The van der Waals surface area contributed by atoms with Crippen molar-refractivity contribution >= 4 is 0 Å². The lowest BCUT2D eigenvalue weighted by molar-refractivity contribution is 1.01. The largest absolute Gasteiger partial charge is 0.330 e. The van der Waals surface area contributed by atoms with E-state index in [4.69, 9.17) is 5.73 Å². The van der Waals surface area contributed by atoms with Gasteiger partial charge in [0.25, 0.3) is 0 Å². The third kappa shape index (κ3) is 7.44. The maximum atomic E-state index is 5.27. The first kappa shape index (κ1) is 8.44. The molecular formula is C8H15N. The molecule has 9 heavy (non-hydrogen) atoms. The van der Waals surface area contributed by atoms with Crippen LogP contribution in [0.4, 0.5) is 0 Å². The van der Waals surface area contributed by atoms with Gasteiger partial charge in [-0.3, -0.25) is 0 Å². The highest BCUT2D eigenvalue weighted by atomic mass is 14.5. The minimum atomic E-state index is 0.746. The molecule has 1 heteroatoms. The zero-order valence-electron chi connectivity index (χ0n) is 6.01. The summed E-state index contributed by atoms with van der Waals surface area (Å²) >= 11 is 0. The molecule has 0 spiro atoms. The molecule has 0 unspecified atom stereocenters. The number of hydrogen-bond acceptors (Lipinski definition) is 1. The topological polar surface area (TPSA) is 26.0 Å². The average molecular weight is 125 g/mol. The second-order valence-corrected chi connectivity index (χ2v) is 1.84. The molecule has 0 saturated heterocycles. The van der Waals surface area contributed by atoms with Gasteiger partial charge in [0.2, 0.25) is 0 Å². The van der Waals surface area contributed by atoms with Gasteiger partial charge in [0.15, 0.2) is 0 Å². The van der Waals surface area contributed by atoms with Gasteiger partial charge in [0.05, 0.1) is 0 Å². The minimum Gasteiger partial charge on any atom is -0.330 e. The second-order valence-electron chi connectivity index (χ2n) is 1.84. The van der Waals surface area contributed by atoms with Crippen LogP contribution in [0.25, 0.3) is 0 Å². The lowest BCUT2D eigenvalue weighted by atomic mass is 10.3. The summed E-state index contributed by atoms with van der Waals surface area (Å²) in [5, 5.41) is 0. The molecule has 0 heterocycles. The van der Waals surface area contributed by atoms with E-state index in [0.29, 0.717) is 0 Å². The van der Waals surface area contributed by atoms with E-state index in [1.807, 2.05) is 6.08 Å². The molecule has 0 radical (unpaired) electrons. The fraction of sp³-hybridized carbons (Fsp3) is 0.500. The van der Waals surface area contributed by atoms with Crippen LogP contribution in [-0.4, -0.2) is 6.54 Å². The highest BCUT2D eigenvalue weighted by Gasteiger charge is 1.68. The van der Waals surface area contributed by atoms with E-state index in [9.17, 15) is 0 Å². The molecule has 0 aliphatic carbocycles. The van der Waals surface area contributed by atoms with Crippen molar-refractivity contribution in [2.24, 2.45) is 5.73 Å². The van der Waals surface area contributed by atoms with E-state index < -0.39 is 0 Å². The molecule has 0 aliphatic rings. The SMILES string of the molecule is CCC=CC=CCCN. The Bertz CT molecular complexity index is 92.7. The van der Waals surface area contributed by atoms with Crippen LogP contribution >= 0.6 is 0 Å². The fourth-order valence-electron chi connectivity index (χ4n) is 0.486. The van der Waals surface area contributed by atoms with E-state index >= 15 is 0 Å². The summed E-state index contributed by atoms with van der Waals surface area (Å²) in [6, 6.07) is 0. The van der Waals surface area contributed by atoms with Crippen LogP contribution in [0.3, 0.4) is 0 Å². The molecule has 1 nitrogen and oxygen atoms in total. The van der Waals surface area contributed by atoms with E-state index in [1.54, 1.807) is 0 Å².